The fourth-order valence-corrected chi connectivity index (χ4v) is 4.53. The highest BCUT2D eigenvalue weighted by Crippen LogP contribution is 2.37. The number of thiocarbonyl (C=S) groups is 1. The highest BCUT2D eigenvalue weighted by atomic mass is 32.2. The van der Waals surface area contributed by atoms with Crippen molar-refractivity contribution in [1.29, 1.82) is 0 Å². The van der Waals surface area contributed by atoms with Gasteiger partial charge in [0.15, 0.2) is 11.5 Å². The van der Waals surface area contributed by atoms with Gasteiger partial charge in [0.1, 0.15) is 10.1 Å². The molecule has 1 aliphatic rings. The lowest BCUT2D eigenvalue weighted by atomic mass is 10.1. The summed E-state index contributed by atoms with van der Waals surface area (Å²) in [5.41, 5.74) is 3.07. The Kier molecular flexibility index (Phi) is 7.98. The molecular formula is C24H27NO4S2. The summed E-state index contributed by atoms with van der Waals surface area (Å²) in [7, 11) is 1.60. The van der Waals surface area contributed by atoms with Gasteiger partial charge in [0.25, 0.3) is 5.91 Å². The minimum atomic E-state index is -0.0757. The molecular weight excluding hydrogens is 430 g/mol. The van der Waals surface area contributed by atoms with E-state index in [9.17, 15) is 4.79 Å². The second-order valence-corrected chi connectivity index (χ2v) is 8.80. The maximum Gasteiger partial charge on any atom is 0.266 e. The van der Waals surface area contributed by atoms with Crippen molar-refractivity contribution in [3.63, 3.8) is 0 Å². The van der Waals surface area contributed by atoms with Crippen molar-refractivity contribution in [2.75, 3.05) is 26.9 Å². The second-order valence-electron chi connectivity index (χ2n) is 7.12. The summed E-state index contributed by atoms with van der Waals surface area (Å²) in [6, 6.07) is 11.8. The van der Waals surface area contributed by atoms with E-state index in [4.69, 9.17) is 26.4 Å². The number of ether oxygens (including phenoxy) is 3. The van der Waals surface area contributed by atoms with Gasteiger partial charge in [-0.2, -0.15) is 0 Å². The Hall–Kier alpha value is -2.51. The van der Waals surface area contributed by atoms with Gasteiger partial charge in [-0.05, 0) is 50.1 Å². The first-order chi connectivity index (χ1) is 14.9. The fourth-order valence-electron chi connectivity index (χ4n) is 3.15. The fraction of sp³-hybridized carbons (Fsp3) is 0.333. The lowest BCUT2D eigenvalue weighted by molar-refractivity contribution is -0.121. The van der Waals surface area contributed by atoms with E-state index in [0.29, 0.717) is 46.9 Å². The van der Waals surface area contributed by atoms with E-state index in [1.165, 1.54) is 17.3 Å². The van der Waals surface area contributed by atoms with E-state index >= 15 is 0 Å². The van der Waals surface area contributed by atoms with E-state index < -0.39 is 0 Å². The zero-order valence-electron chi connectivity index (χ0n) is 18.3. The lowest BCUT2D eigenvalue weighted by Gasteiger charge is -2.14. The summed E-state index contributed by atoms with van der Waals surface area (Å²) in [5.74, 6) is 2.05. The van der Waals surface area contributed by atoms with Gasteiger partial charge >= 0.3 is 0 Å². The number of rotatable bonds is 9. The molecule has 0 unspecified atom stereocenters. The Morgan fingerprint density at radius 1 is 1.10 bits per heavy atom. The van der Waals surface area contributed by atoms with Gasteiger partial charge in [-0.1, -0.05) is 48.2 Å². The number of aryl methyl sites for hydroxylation is 2. The lowest BCUT2D eigenvalue weighted by Crippen LogP contribution is -2.27. The Morgan fingerprint density at radius 2 is 1.87 bits per heavy atom. The van der Waals surface area contributed by atoms with E-state index in [2.05, 4.69) is 12.1 Å². The molecule has 0 aromatic heterocycles. The summed E-state index contributed by atoms with van der Waals surface area (Å²) in [6.07, 6.45) is 2.53. The molecule has 1 aliphatic heterocycles. The summed E-state index contributed by atoms with van der Waals surface area (Å²) in [5, 5.41) is 0. The summed E-state index contributed by atoms with van der Waals surface area (Å²) in [4.78, 5) is 14.7. The minimum Gasteiger partial charge on any atom is -0.493 e. The van der Waals surface area contributed by atoms with E-state index in [0.717, 1.165) is 16.9 Å². The van der Waals surface area contributed by atoms with Gasteiger partial charge in [-0.15, -0.1) is 0 Å². The quantitative estimate of drug-likeness (QED) is 0.286. The number of thioether (sulfide) groups is 1. The molecule has 0 N–H and O–H groups in total. The van der Waals surface area contributed by atoms with Crippen LogP contribution in [-0.2, 0) is 4.79 Å². The highest BCUT2D eigenvalue weighted by Gasteiger charge is 2.31. The molecule has 0 spiro atoms. The van der Waals surface area contributed by atoms with Crippen LogP contribution in [0.2, 0.25) is 0 Å². The number of methoxy groups -OCH3 is 1. The largest absolute Gasteiger partial charge is 0.493 e. The second kappa shape index (κ2) is 10.7. The van der Waals surface area contributed by atoms with Crippen LogP contribution in [0.25, 0.3) is 6.08 Å². The molecule has 1 fully saturated rings. The normalized spacial score (nSPS) is 15.0. The van der Waals surface area contributed by atoms with Gasteiger partial charge in [0.05, 0.1) is 25.2 Å². The Bertz CT molecular complexity index is 1000. The van der Waals surface area contributed by atoms with Crippen LogP contribution in [0.4, 0.5) is 0 Å². The number of carbonyl (C=O) groups excluding carboxylic acids is 1. The topological polar surface area (TPSA) is 48.0 Å². The average molecular weight is 458 g/mol. The number of likely N-dealkylation sites (N-methyl/N-ethyl adjacent to an activating group) is 1. The molecule has 0 saturated carbocycles. The predicted octanol–water partition coefficient (Wildman–Crippen LogP) is 5.38. The number of amides is 1. The molecule has 0 bridgehead atoms. The van der Waals surface area contributed by atoms with Crippen LogP contribution >= 0.6 is 24.0 Å². The monoisotopic (exact) mass is 457 g/mol. The molecule has 0 aliphatic carbocycles. The van der Waals surface area contributed by atoms with Gasteiger partial charge < -0.3 is 14.2 Å². The highest BCUT2D eigenvalue weighted by molar-refractivity contribution is 8.26. The molecule has 0 radical (unpaired) electrons. The average Bonchev–Trinajstić information content (AvgIpc) is 3.03. The van der Waals surface area contributed by atoms with Crippen LogP contribution in [0.15, 0.2) is 41.3 Å². The summed E-state index contributed by atoms with van der Waals surface area (Å²) < 4.78 is 18.0. The van der Waals surface area contributed by atoms with Crippen molar-refractivity contribution >= 4 is 40.3 Å². The van der Waals surface area contributed by atoms with Crippen LogP contribution in [0, 0.1) is 13.8 Å². The first kappa shape index (κ1) is 23.2. The number of hydrogen-bond acceptors (Lipinski definition) is 6. The molecule has 7 heteroatoms. The SMILES string of the molecule is CCN1C(=O)C(=Cc2cccc(OC)c2OCCCOc2cc(C)ccc2C)SC1=S. The maximum absolute atomic E-state index is 12.6. The van der Waals surface area contributed by atoms with Crippen LogP contribution in [0.5, 0.6) is 17.2 Å². The van der Waals surface area contributed by atoms with Gasteiger partial charge in [-0.3, -0.25) is 9.69 Å². The number of carbonyl (C=O) groups is 1. The molecule has 1 heterocycles. The molecule has 31 heavy (non-hydrogen) atoms. The van der Waals surface area contributed by atoms with Crippen molar-refractivity contribution in [2.24, 2.45) is 0 Å². The van der Waals surface area contributed by atoms with Crippen LogP contribution < -0.4 is 14.2 Å². The van der Waals surface area contributed by atoms with Crippen molar-refractivity contribution in [3.8, 4) is 17.2 Å². The molecule has 2 aromatic rings. The minimum absolute atomic E-state index is 0.0757. The first-order valence-corrected chi connectivity index (χ1v) is 11.4. The maximum atomic E-state index is 12.6. The van der Waals surface area contributed by atoms with Gasteiger partial charge in [0.2, 0.25) is 0 Å². The molecule has 1 saturated heterocycles. The van der Waals surface area contributed by atoms with Crippen LogP contribution in [0.1, 0.15) is 30.0 Å². The summed E-state index contributed by atoms with van der Waals surface area (Å²) >= 11 is 6.61. The third kappa shape index (κ3) is 5.60. The molecule has 3 rings (SSSR count). The van der Waals surface area contributed by atoms with Gasteiger partial charge in [0, 0.05) is 18.5 Å². The van der Waals surface area contributed by atoms with Crippen LogP contribution in [0.3, 0.4) is 0 Å². The molecule has 164 valence electrons. The Morgan fingerprint density at radius 3 is 2.58 bits per heavy atom. The van der Waals surface area contributed by atoms with E-state index in [1.807, 2.05) is 51.1 Å². The van der Waals surface area contributed by atoms with Crippen LogP contribution in [-0.4, -0.2) is 42.0 Å². The van der Waals surface area contributed by atoms with E-state index in [-0.39, 0.29) is 5.91 Å². The number of nitrogens with zero attached hydrogens (tertiary/aromatic N) is 1. The first-order valence-electron chi connectivity index (χ1n) is 10.2. The third-order valence-corrected chi connectivity index (χ3v) is 6.22. The molecule has 2 aromatic carbocycles. The zero-order chi connectivity index (χ0) is 22.4. The third-order valence-electron chi connectivity index (χ3n) is 4.84. The number of para-hydroxylation sites is 1. The van der Waals surface area contributed by atoms with Gasteiger partial charge in [-0.25, -0.2) is 0 Å². The van der Waals surface area contributed by atoms with Crippen molar-refractivity contribution in [2.45, 2.75) is 27.2 Å². The van der Waals surface area contributed by atoms with Crippen molar-refractivity contribution in [3.05, 3.63) is 58.0 Å². The van der Waals surface area contributed by atoms with Crippen molar-refractivity contribution < 1.29 is 19.0 Å². The zero-order valence-corrected chi connectivity index (χ0v) is 19.9. The Labute approximate surface area is 193 Å². The van der Waals surface area contributed by atoms with E-state index in [1.54, 1.807) is 12.0 Å². The predicted molar refractivity (Wildman–Crippen MR) is 130 cm³/mol. The molecule has 0 atom stereocenters. The number of hydrogen-bond donors (Lipinski definition) is 0. The molecule has 1 amide bonds. The molecule has 5 nitrogen and oxygen atoms in total. The van der Waals surface area contributed by atoms with Crippen molar-refractivity contribution in [1.82, 2.24) is 4.90 Å². The number of benzene rings is 2. The summed E-state index contributed by atoms with van der Waals surface area (Å²) in [6.45, 7) is 7.56. The Balaban J connectivity index is 1.67. The standard InChI is InChI=1S/C24H27NO4S2/c1-5-25-23(26)21(31-24(25)30)15-18-8-6-9-19(27-4)22(18)29-13-7-12-28-20-14-16(2)10-11-17(20)3/h6,8-11,14-15H,5,7,12-13H2,1-4H3. The smallest absolute Gasteiger partial charge is 0.266 e.